The molecule has 0 atom stereocenters. The number of benzene rings is 3. The Morgan fingerprint density at radius 3 is 2.50 bits per heavy atom. The number of nitrogens with one attached hydrogen (secondary N) is 1. The van der Waals surface area contributed by atoms with Crippen molar-refractivity contribution in [1.82, 2.24) is 15.1 Å². The van der Waals surface area contributed by atoms with Gasteiger partial charge in [0, 0.05) is 30.3 Å². The monoisotopic (exact) mass is 455 g/mol. The summed E-state index contributed by atoms with van der Waals surface area (Å²) in [4.78, 5) is 13.0. The van der Waals surface area contributed by atoms with Crippen LogP contribution < -0.4 is 10.1 Å². The number of nitrogens with zero attached hydrogens (tertiary/aromatic N) is 2. The molecule has 0 radical (unpaired) electrons. The van der Waals surface area contributed by atoms with Crippen molar-refractivity contribution >= 4 is 6.03 Å². The van der Waals surface area contributed by atoms with Gasteiger partial charge in [0.15, 0.2) is 0 Å². The molecule has 0 saturated carbocycles. The number of carbonyl (C=O) groups excluding carboxylic acids is 1. The largest absolute Gasteiger partial charge is 0.487 e. The summed E-state index contributed by atoms with van der Waals surface area (Å²) in [6, 6.07) is 19.8. The van der Waals surface area contributed by atoms with Gasteiger partial charge in [-0.25, -0.2) is 9.18 Å². The third-order valence-corrected chi connectivity index (χ3v) is 5.97. The van der Waals surface area contributed by atoms with E-state index in [4.69, 9.17) is 4.74 Å². The van der Waals surface area contributed by atoms with Gasteiger partial charge in [-0.3, -0.25) is 0 Å². The fourth-order valence-electron chi connectivity index (χ4n) is 4.27. The van der Waals surface area contributed by atoms with Crippen molar-refractivity contribution in [2.45, 2.75) is 39.3 Å². The van der Waals surface area contributed by atoms with Crippen molar-refractivity contribution in [2.75, 3.05) is 0 Å². The molecule has 0 aliphatic carbocycles. The van der Waals surface area contributed by atoms with Crippen molar-refractivity contribution in [3.63, 3.8) is 0 Å². The molecule has 6 heteroatoms. The number of fused-ring (bicyclic) bond motifs is 1. The van der Waals surface area contributed by atoms with Crippen LogP contribution in [0, 0.1) is 12.7 Å². The number of amides is 1. The molecule has 0 saturated heterocycles. The van der Waals surface area contributed by atoms with Crippen LogP contribution in [0.25, 0.3) is 22.4 Å². The van der Waals surface area contributed by atoms with Gasteiger partial charge in [-0.15, -0.1) is 0 Å². The maximum Gasteiger partial charge on any atom is 0.342 e. The normalized spacial score (nSPS) is 13.9. The summed E-state index contributed by atoms with van der Waals surface area (Å²) >= 11 is 0. The lowest BCUT2D eigenvalue weighted by Crippen LogP contribution is -2.28. The standard InChI is InChI=1S/C28H26FN3O2/c1-18-4-7-21(8-5-18)26-24(20-9-11-23(29)12-10-20)17-32(31-26)27(33)30-16-19-6-13-25-22(14-19)15-28(2,3)34-25/h4-14,17H,15-16H2,1-3H3,(H,30,33). The molecule has 3 aromatic carbocycles. The Balaban J connectivity index is 1.40. The summed E-state index contributed by atoms with van der Waals surface area (Å²) in [6.45, 7) is 6.52. The molecule has 0 spiro atoms. The lowest BCUT2D eigenvalue weighted by molar-refractivity contribution is 0.138. The zero-order valence-electron chi connectivity index (χ0n) is 19.4. The zero-order chi connectivity index (χ0) is 23.9. The van der Waals surface area contributed by atoms with Crippen LogP contribution in [0.4, 0.5) is 9.18 Å². The van der Waals surface area contributed by atoms with E-state index in [1.807, 2.05) is 43.3 Å². The first-order valence-corrected chi connectivity index (χ1v) is 11.3. The molecule has 1 N–H and O–H groups in total. The minimum atomic E-state index is -0.334. The van der Waals surface area contributed by atoms with E-state index in [9.17, 15) is 9.18 Å². The molecular formula is C28H26FN3O2. The molecule has 4 aromatic rings. The fraction of sp³-hybridized carbons (Fsp3) is 0.214. The third kappa shape index (κ3) is 4.44. The van der Waals surface area contributed by atoms with Crippen LogP contribution >= 0.6 is 0 Å². The number of hydrogen-bond donors (Lipinski definition) is 1. The van der Waals surface area contributed by atoms with E-state index in [0.717, 1.165) is 45.6 Å². The Labute approximate surface area is 198 Å². The molecular weight excluding hydrogens is 429 g/mol. The van der Waals surface area contributed by atoms with Gasteiger partial charge < -0.3 is 10.1 Å². The Morgan fingerprint density at radius 1 is 1.06 bits per heavy atom. The molecule has 0 unspecified atom stereocenters. The minimum absolute atomic E-state index is 0.206. The van der Waals surface area contributed by atoms with Gasteiger partial charge >= 0.3 is 6.03 Å². The Morgan fingerprint density at radius 2 is 1.76 bits per heavy atom. The summed E-state index contributed by atoms with van der Waals surface area (Å²) in [5.41, 5.74) is 6.17. The smallest absolute Gasteiger partial charge is 0.342 e. The topological polar surface area (TPSA) is 56.2 Å². The minimum Gasteiger partial charge on any atom is -0.487 e. The summed E-state index contributed by atoms with van der Waals surface area (Å²) in [5, 5.41) is 7.54. The number of rotatable bonds is 4. The number of carbonyl (C=O) groups is 1. The summed E-state index contributed by atoms with van der Waals surface area (Å²) in [6.07, 6.45) is 2.53. The number of aromatic nitrogens is 2. The van der Waals surface area contributed by atoms with Crippen molar-refractivity contribution < 1.29 is 13.9 Å². The number of aryl methyl sites for hydroxylation is 1. The second-order valence-electron chi connectivity index (χ2n) is 9.35. The van der Waals surface area contributed by atoms with Crippen LogP contribution in [0.2, 0.25) is 0 Å². The predicted octanol–water partition coefficient (Wildman–Crippen LogP) is 6.14. The Kier molecular flexibility index (Phi) is 5.44. The Bertz CT molecular complexity index is 1290. The first kappa shape index (κ1) is 21.9. The Hall–Kier alpha value is -3.93. The van der Waals surface area contributed by atoms with Gasteiger partial charge in [0.2, 0.25) is 0 Å². The van der Waals surface area contributed by atoms with E-state index in [-0.39, 0.29) is 17.4 Å². The zero-order valence-corrected chi connectivity index (χ0v) is 19.4. The molecule has 1 aliphatic heterocycles. The maximum atomic E-state index is 13.5. The van der Waals surface area contributed by atoms with Gasteiger partial charge in [0.1, 0.15) is 22.9 Å². The van der Waals surface area contributed by atoms with Crippen LogP contribution in [-0.4, -0.2) is 21.4 Å². The SMILES string of the molecule is Cc1ccc(-c2nn(C(=O)NCc3ccc4c(c3)CC(C)(C)O4)cc2-c2ccc(F)cc2)cc1. The highest BCUT2D eigenvalue weighted by molar-refractivity contribution is 5.84. The highest BCUT2D eigenvalue weighted by Gasteiger charge is 2.29. The molecule has 1 aromatic heterocycles. The maximum absolute atomic E-state index is 13.5. The molecule has 5 rings (SSSR count). The number of ether oxygens (including phenoxy) is 1. The first-order valence-electron chi connectivity index (χ1n) is 11.3. The van der Waals surface area contributed by atoms with Crippen LogP contribution in [0.1, 0.15) is 30.5 Å². The number of hydrogen-bond acceptors (Lipinski definition) is 3. The van der Waals surface area contributed by atoms with Crippen molar-refractivity contribution in [3.8, 4) is 28.1 Å². The predicted molar refractivity (Wildman–Crippen MR) is 130 cm³/mol. The average molecular weight is 456 g/mol. The second kappa shape index (κ2) is 8.45. The molecule has 0 fully saturated rings. The molecule has 1 amide bonds. The molecule has 5 nitrogen and oxygen atoms in total. The van der Waals surface area contributed by atoms with Gasteiger partial charge in [-0.1, -0.05) is 54.1 Å². The summed E-state index contributed by atoms with van der Waals surface area (Å²) in [5.74, 6) is 0.590. The van der Waals surface area contributed by atoms with Gasteiger partial charge in [0.05, 0.1) is 0 Å². The van der Waals surface area contributed by atoms with E-state index in [0.29, 0.717) is 12.2 Å². The fourth-order valence-corrected chi connectivity index (χ4v) is 4.27. The highest BCUT2D eigenvalue weighted by Crippen LogP contribution is 2.35. The molecule has 1 aliphatic rings. The highest BCUT2D eigenvalue weighted by atomic mass is 19.1. The molecule has 34 heavy (non-hydrogen) atoms. The van der Waals surface area contributed by atoms with Gasteiger partial charge in [-0.2, -0.15) is 9.78 Å². The molecule has 0 bridgehead atoms. The third-order valence-electron chi connectivity index (χ3n) is 5.97. The van der Waals surface area contributed by atoms with Crippen LogP contribution in [0.3, 0.4) is 0 Å². The van der Waals surface area contributed by atoms with Crippen LogP contribution in [0.5, 0.6) is 5.75 Å². The van der Waals surface area contributed by atoms with E-state index in [2.05, 4.69) is 30.3 Å². The van der Waals surface area contributed by atoms with Crippen molar-refractivity contribution in [2.24, 2.45) is 0 Å². The van der Waals surface area contributed by atoms with E-state index >= 15 is 0 Å². The summed E-state index contributed by atoms with van der Waals surface area (Å²) in [7, 11) is 0. The molecule has 172 valence electrons. The lowest BCUT2D eigenvalue weighted by Gasteiger charge is -2.16. The van der Waals surface area contributed by atoms with E-state index in [1.165, 1.54) is 16.8 Å². The lowest BCUT2D eigenvalue weighted by atomic mass is 10.0. The molecule has 2 heterocycles. The van der Waals surface area contributed by atoms with Gasteiger partial charge in [-0.05, 0) is 55.7 Å². The van der Waals surface area contributed by atoms with E-state index < -0.39 is 0 Å². The van der Waals surface area contributed by atoms with Gasteiger partial charge in [0.25, 0.3) is 0 Å². The second-order valence-corrected chi connectivity index (χ2v) is 9.35. The first-order chi connectivity index (χ1) is 16.3. The van der Waals surface area contributed by atoms with Crippen molar-refractivity contribution in [3.05, 3.63) is 95.4 Å². The van der Waals surface area contributed by atoms with Crippen LogP contribution in [-0.2, 0) is 13.0 Å². The van der Waals surface area contributed by atoms with Crippen molar-refractivity contribution in [1.29, 1.82) is 0 Å². The summed E-state index contributed by atoms with van der Waals surface area (Å²) < 4.78 is 20.7. The average Bonchev–Trinajstić information content (AvgIpc) is 3.38. The van der Waals surface area contributed by atoms with Crippen LogP contribution in [0.15, 0.2) is 72.9 Å². The quantitative estimate of drug-likeness (QED) is 0.402. The number of halogens is 1. The van der Waals surface area contributed by atoms with E-state index in [1.54, 1.807) is 18.3 Å².